The Morgan fingerprint density at radius 1 is 0.578 bits per heavy atom. The summed E-state index contributed by atoms with van der Waals surface area (Å²) >= 11 is 0. The van der Waals surface area contributed by atoms with Crippen molar-refractivity contribution in [3.63, 3.8) is 0 Å². The predicted octanol–water partition coefficient (Wildman–Crippen LogP) is 4.46. The van der Waals surface area contributed by atoms with E-state index in [0.29, 0.717) is 11.5 Å². The van der Waals surface area contributed by atoms with Crippen LogP contribution in [0, 0.1) is 0 Å². The average Bonchev–Trinajstić information content (AvgIpc) is 3.01. The molecule has 12 heteroatoms. The lowest BCUT2D eigenvalue weighted by Gasteiger charge is -2.26. The SMILES string of the molecule is C=C(C)C(=O)OCCNC(=O)OCCOc1ccc(C(C)(C)c2ccc(OCCOC(=O)NCCOC(=O)C(=C)C)cc2)cc1. The number of rotatable bonds is 18. The number of nitrogens with one attached hydrogen (secondary N) is 2. The van der Waals surface area contributed by atoms with Crippen molar-refractivity contribution in [2.45, 2.75) is 33.1 Å². The Balaban J connectivity index is 1.68. The minimum atomic E-state index is -0.633. The van der Waals surface area contributed by atoms with Gasteiger partial charge in [-0.15, -0.1) is 0 Å². The Morgan fingerprint density at radius 3 is 1.27 bits per heavy atom. The molecule has 0 aliphatic rings. The number of esters is 2. The van der Waals surface area contributed by atoms with Crippen LogP contribution in [0.2, 0.25) is 0 Å². The van der Waals surface area contributed by atoms with Crippen LogP contribution < -0.4 is 20.1 Å². The third-order valence-electron chi connectivity index (χ3n) is 6.23. The Labute approximate surface area is 263 Å². The van der Waals surface area contributed by atoms with E-state index >= 15 is 0 Å². The van der Waals surface area contributed by atoms with E-state index in [2.05, 4.69) is 37.6 Å². The zero-order chi connectivity index (χ0) is 33.2. The van der Waals surface area contributed by atoms with E-state index in [4.69, 9.17) is 28.4 Å². The van der Waals surface area contributed by atoms with Gasteiger partial charge < -0.3 is 39.1 Å². The number of benzene rings is 2. The summed E-state index contributed by atoms with van der Waals surface area (Å²) in [7, 11) is 0. The van der Waals surface area contributed by atoms with Crippen molar-refractivity contribution < 1.29 is 47.6 Å². The molecule has 0 bridgehead atoms. The van der Waals surface area contributed by atoms with Crippen LogP contribution in [-0.4, -0.2) is 76.9 Å². The standard InChI is InChI=1S/C33H42N2O10/c1-23(2)29(36)42-17-15-34-31(38)44-21-19-40-27-11-7-25(8-12-27)33(5,6)26-9-13-28(14-10-26)41-20-22-45-32(39)35-16-18-43-30(37)24(3)4/h7-14H,1,3,15-22H2,2,4-6H3,(H,34,38)(H,35,39). The highest BCUT2D eigenvalue weighted by atomic mass is 16.6. The molecule has 45 heavy (non-hydrogen) atoms. The number of ether oxygens (including phenoxy) is 6. The summed E-state index contributed by atoms with van der Waals surface area (Å²) in [4.78, 5) is 46.0. The van der Waals surface area contributed by atoms with Gasteiger partial charge in [0, 0.05) is 16.6 Å². The number of hydrogen-bond donors (Lipinski definition) is 2. The van der Waals surface area contributed by atoms with Crippen LogP contribution in [0.4, 0.5) is 9.59 Å². The van der Waals surface area contributed by atoms with Crippen LogP contribution in [0.25, 0.3) is 0 Å². The highest BCUT2D eigenvalue weighted by Gasteiger charge is 2.23. The lowest BCUT2D eigenvalue weighted by atomic mass is 9.78. The van der Waals surface area contributed by atoms with Gasteiger partial charge in [-0.05, 0) is 49.2 Å². The van der Waals surface area contributed by atoms with Crippen molar-refractivity contribution >= 4 is 24.1 Å². The zero-order valence-electron chi connectivity index (χ0n) is 26.3. The van der Waals surface area contributed by atoms with Gasteiger partial charge in [-0.2, -0.15) is 0 Å². The Morgan fingerprint density at radius 2 is 0.933 bits per heavy atom. The number of carbonyl (C=O) groups excluding carboxylic acids is 4. The number of alkyl carbamates (subject to hydrolysis) is 2. The third-order valence-corrected chi connectivity index (χ3v) is 6.23. The molecule has 0 aliphatic heterocycles. The number of carbonyl (C=O) groups is 4. The molecule has 2 rings (SSSR count). The van der Waals surface area contributed by atoms with Gasteiger partial charge in [-0.25, -0.2) is 19.2 Å². The summed E-state index contributed by atoms with van der Waals surface area (Å²) in [6, 6.07) is 15.3. The molecule has 2 N–H and O–H groups in total. The fourth-order valence-electron chi connectivity index (χ4n) is 3.63. The minimum absolute atomic E-state index is 0.0235. The normalized spacial score (nSPS) is 10.6. The Hall–Kier alpha value is -5.00. The molecule has 0 unspecified atom stereocenters. The van der Waals surface area contributed by atoms with Crippen molar-refractivity contribution in [3.05, 3.63) is 84.0 Å². The number of hydrogen-bond acceptors (Lipinski definition) is 10. The first-order valence-corrected chi connectivity index (χ1v) is 14.3. The van der Waals surface area contributed by atoms with Gasteiger partial charge in [0.2, 0.25) is 0 Å². The molecule has 244 valence electrons. The van der Waals surface area contributed by atoms with E-state index in [9.17, 15) is 19.2 Å². The molecule has 0 atom stereocenters. The van der Waals surface area contributed by atoms with E-state index in [1.807, 2.05) is 48.5 Å². The molecule has 2 amide bonds. The molecule has 0 saturated heterocycles. The first kappa shape index (κ1) is 36.2. The van der Waals surface area contributed by atoms with Gasteiger partial charge in [0.15, 0.2) is 0 Å². The van der Waals surface area contributed by atoms with Crippen molar-refractivity contribution in [3.8, 4) is 11.5 Å². The van der Waals surface area contributed by atoms with E-state index < -0.39 is 24.1 Å². The molecule has 0 saturated carbocycles. The fourth-order valence-corrected chi connectivity index (χ4v) is 3.63. The molecular formula is C33H42N2O10. The summed E-state index contributed by atoms with van der Waals surface area (Å²) in [6.07, 6.45) is -1.27. The summed E-state index contributed by atoms with van der Waals surface area (Å²) in [6.45, 7) is 15.0. The van der Waals surface area contributed by atoms with Gasteiger partial charge >= 0.3 is 24.1 Å². The van der Waals surface area contributed by atoms with Gasteiger partial charge in [0.1, 0.15) is 51.1 Å². The van der Waals surface area contributed by atoms with E-state index in [1.54, 1.807) is 13.8 Å². The van der Waals surface area contributed by atoms with Crippen molar-refractivity contribution in [1.82, 2.24) is 10.6 Å². The topological polar surface area (TPSA) is 148 Å². The van der Waals surface area contributed by atoms with Crippen LogP contribution in [0.15, 0.2) is 72.8 Å². The first-order chi connectivity index (χ1) is 21.4. The largest absolute Gasteiger partial charge is 0.490 e. The molecule has 0 spiro atoms. The fraction of sp³-hybridized carbons (Fsp3) is 0.394. The second-order valence-electron chi connectivity index (χ2n) is 10.3. The third kappa shape index (κ3) is 13.5. The Bertz CT molecular complexity index is 1200. The Kier molecular flexibility index (Phi) is 15.0. The van der Waals surface area contributed by atoms with E-state index in [1.165, 1.54) is 0 Å². The van der Waals surface area contributed by atoms with Gasteiger partial charge in [0.25, 0.3) is 0 Å². The summed E-state index contributed by atoms with van der Waals surface area (Å²) in [5.74, 6) is 0.241. The molecule has 12 nitrogen and oxygen atoms in total. The zero-order valence-corrected chi connectivity index (χ0v) is 26.3. The lowest BCUT2D eigenvalue weighted by Crippen LogP contribution is -2.29. The molecule has 0 aromatic heterocycles. The second kappa shape index (κ2) is 18.6. The monoisotopic (exact) mass is 626 g/mol. The quantitative estimate of drug-likeness (QED) is 0.105. The molecule has 0 radical (unpaired) electrons. The molecule has 0 fully saturated rings. The maximum absolute atomic E-state index is 11.7. The van der Waals surface area contributed by atoms with Crippen LogP contribution >= 0.6 is 0 Å². The maximum atomic E-state index is 11.7. The van der Waals surface area contributed by atoms with Crippen LogP contribution in [0.3, 0.4) is 0 Å². The van der Waals surface area contributed by atoms with Crippen molar-refractivity contribution in [2.75, 3.05) is 52.7 Å². The molecule has 0 heterocycles. The van der Waals surface area contributed by atoms with Crippen LogP contribution in [-0.2, 0) is 34.0 Å². The molecule has 0 aliphatic carbocycles. The molecular weight excluding hydrogens is 584 g/mol. The minimum Gasteiger partial charge on any atom is -0.490 e. The van der Waals surface area contributed by atoms with Gasteiger partial charge in [-0.3, -0.25) is 0 Å². The lowest BCUT2D eigenvalue weighted by molar-refractivity contribution is -0.139. The first-order valence-electron chi connectivity index (χ1n) is 14.3. The van der Waals surface area contributed by atoms with Gasteiger partial charge in [-0.1, -0.05) is 51.3 Å². The van der Waals surface area contributed by atoms with Crippen molar-refractivity contribution in [1.29, 1.82) is 0 Å². The summed E-state index contributed by atoms with van der Waals surface area (Å²) in [5, 5.41) is 4.97. The van der Waals surface area contributed by atoms with E-state index in [0.717, 1.165) is 11.1 Å². The van der Waals surface area contributed by atoms with Crippen molar-refractivity contribution in [2.24, 2.45) is 0 Å². The number of amides is 2. The van der Waals surface area contributed by atoms with E-state index in [-0.39, 0.29) is 69.3 Å². The maximum Gasteiger partial charge on any atom is 0.407 e. The molecule has 2 aromatic carbocycles. The summed E-state index contributed by atoms with van der Waals surface area (Å²) in [5.41, 5.74) is 2.41. The predicted molar refractivity (Wildman–Crippen MR) is 166 cm³/mol. The van der Waals surface area contributed by atoms with Crippen LogP contribution in [0.1, 0.15) is 38.8 Å². The van der Waals surface area contributed by atoms with Gasteiger partial charge in [0.05, 0.1) is 13.1 Å². The highest BCUT2D eigenvalue weighted by molar-refractivity contribution is 5.87. The second-order valence-corrected chi connectivity index (χ2v) is 10.3. The van der Waals surface area contributed by atoms with Crippen LogP contribution in [0.5, 0.6) is 11.5 Å². The smallest absolute Gasteiger partial charge is 0.407 e. The highest BCUT2D eigenvalue weighted by Crippen LogP contribution is 2.33. The summed E-state index contributed by atoms with van der Waals surface area (Å²) < 4.78 is 31.2. The average molecular weight is 627 g/mol. The molecule has 2 aromatic rings.